The summed E-state index contributed by atoms with van der Waals surface area (Å²) in [5, 5.41) is 3.29. The quantitative estimate of drug-likeness (QED) is 0.789. The molecule has 14 heavy (non-hydrogen) atoms. The Kier molecular flexibility index (Phi) is 3.04. The zero-order chi connectivity index (χ0) is 9.80. The summed E-state index contributed by atoms with van der Waals surface area (Å²) in [5.41, 5.74) is 1.36. The maximum absolute atomic E-state index is 5.81. The summed E-state index contributed by atoms with van der Waals surface area (Å²) < 4.78 is 5.81. The van der Waals surface area contributed by atoms with Crippen molar-refractivity contribution < 1.29 is 4.74 Å². The normalized spacial score (nSPS) is 21.1. The van der Waals surface area contributed by atoms with E-state index in [1.54, 1.807) is 0 Å². The van der Waals surface area contributed by atoms with Gasteiger partial charge in [-0.15, -0.1) is 0 Å². The average molecular weight is 191 g/mol. The molecule has 0 saturated carbocycles. The van der Waals surface area contributed by atoms with Crippen LogP contribution in [0.4, 0.5) is 0 Å². The molecule has 1 atom stereocenters. The van der Waals surface area contributed by atoms with Gasteiger partial charge in [-0.05, 0) is 37.1 Å². The van der Waals surface area contributed by atoms with Gasteiger partial charge in [0.15, 0.2) is 0 Å². The van der Waals surface area contributed by atoms with Crippen LogP contribution in [0.1, 0.15) is 18.9 Å². The molecule has 0 aromatic heterocycles. The molecule has 0 bridgehead atoms. The minimum Gasteiger partial charge on any atom is -0.489 e. The molecule has 1 aromatic carbocycles. The van der Waals surface area contributed by atoms with Gasteiger partial charge in [-0.1, -0.05) is 19.1 Å². The largest absolute Gasteiger partial charge is 0.489 e. The van der Waals surface area contributed by atoms with Gasteiger partial charge in [0.05, 0.1) is 0 Å². The summed E-state index contributed by atoms with van der Waals surface area (Å²) in [5.74, 6) is 0.996. The van der Waals surface area contributed by atoms with Crippen LogP contribution in [0.3, 0.4) is 0 Å². The Labute approximate surface area is 85.3 Å². The van der Waals surface area contributed by atoms with E-state index in [1.165, 1.54) is 5.56 Å². The second-order valence-electron chi connectivity index (χ2n) is 3.73. The SMILES string of the molecule is CCc1ccc(OC2CCNC2)cc1. The Balaban J connectivity index is 1.95. The van der Waals surface area contributed by atoms with E-state index >= 15 is 0 Å². The highest BCUT2D eigenvalue weighted by molar-refractivity contribution is 5.27. The molecule has 2 nitrogen and oxygen atoms in total. The lowest BCUT2D eigenvalue weighted by atomic mass is 10.2. The molecule has 2 rings (SSSR count). The molecule has 1 aliphatic rings. The van der Waals surface area contributed by atoms with Gasteiger partial charge in [-0.3, -0.25) is 0 Å². The fourth-order valence-corrected chi connectivity index (χ4v) is 1.72. The maximum Gasteiger partial charge on any atom is 0.119 e. The van der Waals surface area contributed by atoms with Crippen molar-refractivity contribution in [3.8, 4) is 5.75 Å². The lowest BCUT2D eigenvalue weighted by molar-refractivity contribution is 0.223. The first-order valence-electron chi connectivity index (χ1n) is 5.35. The predicted molar refractivity (Wildman–Crippen MR) is 57.7 cm³/mol. The van der Waals surface area contributed by atoms with Gasteiger partial charge in [0, 0.05) is 6.54 Å². The van der Waals surface area contributed by atoms with Crippen molar-refractivity contribution in [2.75, 3.05) is 13.1 Å². The maximum atomic E-state index is 5.81. The van der Waals surface area contributed by atoms with Crippen LogP contribution in [0, 0.1) is 0 Å². The third-order valence-corrected chi connectivity index (χ3v) is 2.65. The Morgan fingerprint density at radius 3 is 2.71 bits per heavy atom. The Morgan fingerprint density at radius 2 is 2.14 bits per heavy atom. The highest BCUT2D eigenvalue weighted by Gasteiger charge is 2.15. The molecule has 0 radical (unpaired) electrons. The molecule has 2 heteroatoms. The second kappa shape index (κ2) is 4.47. The Hall–Kier alpha value is -1.02. The van der Waals surface area contributed by atoms with Crippen LogP contribution in [0.15, 0.2) is 24.3 Å². The standard InChI is InChI=1S/C12H17NO/c1-2-10-3-5-11(6-4-10)14-12-7-8-13-9-12/h3-6,12-13H,2,7-9H2,1H3. The van der Waals surface area contributed by atoms with Gasteiger partial charge in [-0.2, -0.15) is 0 Å². The molecule has 0 amide bonds. The topological polar surface area (TPSA) is 21.3 Å². The van der Waals surface area contributed by atoms with E-state index in [2.05, 4.69) is 36.5 Å². The fourth-order valence-electron chi connectivity index (χ4n) is 1.72. The first-order valence-corrected chi connectivity index (χ1v) is 5.35. The van der Waals surface area contributed by atoms with Crippen LogP contribution in [0.5, 0.6) is 5.75 Å². The van der Waals surface area contributed by atoms with Crippen LogP contribution in [-0.2, 0) is 6.42 Å². The number of nitrogens with one attached hydrogen (secondary N) is 1. The molecule has 1 unspecified atom stereocenters. The van der Waals surface area contributed by atoms with E-state index in [-0.39, 0.29) is 0 Å². The van der Waals surface area contributed by atoms with Crippen LogP contribution in [-0.4, -0.2) is 19.2 Å². The molecule has 1 fully saturated rings. The van der Waals surface area contributed by atoms with Crippen molar-refractivity contribution in [2.45, 2.75) is 25.9 Å². The first kappa shape index (κ1) is 9.53. The van der Waals surface area contributed by atoms with Crippen LogP contribution < -0.4 is 10.1 Å². The molecule has 1 aromatic rings. The second-order valence-corrected chi connectivity index (χ2v) is 3.73. The highest BCUT2D eigenvalue weighted by Crippen LogP contribution is 2.16. The predicted octanol–water partition coefficient (Wildman–Crippen LogP) is 1.99. The van der Waals surface area contributed by atoms with Crippen molar-refractivity contribution in [1.82, 2.24) is 5.32 Å². The Morgan fingerprint density at radius 1 is 1.36 bits per heavy atom. The summed E-state index contributed by atoms with van der Waals surface area (Å²) in [6.07, 6.45) is 2.57. The zero-order valence-corrected chi connectivity index (χ0v) is 8.62. The zero-order valence-electron chi connectivity index (χ0n) is 8.62. The number of ether oxygens (including phenoxy) is 1. The van der Waals surface area contributed by atoms with Gasteiger partial charge >= 0.3 is 0 Å². The van der Waals surface area contributed by atoms with Gasteiger partial charge in [0.25, 0.3) is 0 Å². The molecular formula is C12H17NO. The molecule has 1 aliphatic heterocycles. The number of aryl methyl sites for hydroxylation is 1. The van der Waals surface area contributed by atoms with Crippen molar-refractivity contribution in [2.24, 2.45) is 0 Å². The number of hydrogen-bond donors (Lipinski definition) is 1. The summed E-state index contributed by atoms with van der Waals surface area (Å²) in [6, 6.07) is 8.41. The molecular weight excluding hydrogens is 174 g/mol. The van der Waals surface area contributed by atoms with Gasteiger partial charge in [0.1, 0.15) is 11.9 Å². The van der Waals surface area contributed by atoms with E-state index in [4.69, 9.17) is 4.74 Å². The fraction of sp³-hybridized carbons (Fsp3) is 0.500. The molecule has 76 valence electrons. The van der Waals surface area contributed by atoms with Crippen LogP contribution in [0.2, 0.25) is 0 Å². The highest BCUT2D eigenvalue weighted by atomic mass is 16.5. The van der Waals surface area contributed by atoms with Crippen molar-refractivity contribution in [1.29, 1.82) is 0 Å². The van der Waals surface area contributed by atoms with Crippen LogP contribution in [0.25, 0.3) is 0 Å². The van der Waals surface area contributed by atoms with Crippen molar-refractivity contribution >= 4 is 0 Å². The summed E-state index contributed by atoms with van der Waals surface area (Å²) >= 11 is 0. The molecule has 0 spiro atoms. The number of rotatable bonds is 3. The van der Waals surface area contributed by atoms with E-state index in [0.29, 0.717) is 6.10 Å². The van der Waals surface area contributed by atoms with Gasteiger partial charge in [-0.25, -0.2) is 0 Å². The Bertz CT molecular complexity index is 275. The average Bonchev–Trinajstić information content (AvgIpc) is 2.72. The van der Waals surface area contributed by atoms with Gasteiger partial charge < -0.3 is 10.1 Å². The van der Waals surface area contributed by atoms with Crippen molar-refractivity contribution in [3.63, 3.8) is 0 Å². The molecule has 1 saturated heterocycles. The molecule has 1 heterocycles. The van der Waals surface area contributed by atoms with E-state index < -0.39 is 0 Å². The summed E-state index contributed by atoms with van der Waals surface area (Å²) in [6.45, 7) is 4.23. The number of benzene rings is 1. The minimum absolute atomic E-state index is 0.363. The van der Waals surface area contributed by atoms with E-state index in [1.807, 2.05) is 0 Å². The van der Waals surface area contributed by atoms with Crippen molar-refractivity contribution in [3.05, 3.63) is 29.8 Å². The molecule has 0 aliphatic carbocycles. The summed E-state index contributed by atoms with van der Waals surface area (Å²) in [4.78, 5) is 0. The lowest BCUT2D eigenvalue weighted by Gasteiger charge is -2.12. The third-order valence-electron chi connectivity index (χ3n) is 2.65. The molecule has 1 N–H and O–H groups in total. The first-order chi connectivity index (χ1) is 6.88. The van der Waals surface area contributed by atoms with Gasteiger partial charge in [0.2, 0.25) is 0 Å². The van der Waals surface area contributed by atoms with E-state index in [0.717, 1.165) is 31.7 Å². The lowest BCUT2D eigenvalue weighted by Crippen LogP contribution is -2.19. The third kappa shape index (κ3) is 2.26. The number of hydrogen-bond acceptors (Lipinski definition) is 2. The van der Waals surface area contributed by atoms with E-state index in [9.17, 15) is 0 Å². The minimum atomic E-state index is 0.363. The van der Waals surface area contributed by atoms with Crippen LogP contribution >= 0.6 is 0 Å². The summed E-state index contributed by atoms with van der Waals surface area (Å²) in [7, 11) is 0. The smallest absolute Gasteiger partial charge is 0.119 e. The monoisotopic (exact) mass is 191 g/mol.